The van der Waals surface area contributed by atoms with E-state index in [1.165, 1.54) is 0 Å². The van der Waals surface area contributed by atoms with E-state index < -0.39 is 53.7 Å². The van der Waals surface area contributed by atoms with Gasteiger partial charge >= 0.3 is 0 Å². The summed E-state index contributed by atoms with van der Waals surface area (Å²) in [6.07, 6.45) is 0.439. The average molecular weight is 625 g/mol. The topological polar surface area (TPSA) is 209 Å². The van der Waals surface area contributed by atoms with Gasteiger partial charge in [0, 0.05) is 12.8 Å². The third-order valence-electron chi connectivity index (χ3n) is 6.99. The van der Waals surface area contributed by atoms with Crippen molar-refractivity contribution < 1.29 is 28.7 Å². The molecule has 2 aromatic carbocycles. The van der Waals surface area contributed by atoms with Crippen LogP contribution in [-0.2, 0) is 37.0 Å². The molecule has 0 aliphatic heterocycles. The van der Waals surface area contributed by atoms with Crippen molar-refractivity contribution in [2.75, 3.05) is 0 Å². The smallest absolute Gasteiger partial charge is 0.243 e. The first-order valence-electron chi connectivity index (χ1n) is 15.2. The molecule has 4 atom stereocenters. The zero-order valence-electron chi connectivity index (χ0n) is 26.6. The Balaban J connectivity index is 2.24. The van der Waals surface area contributed by atoms with E-state index in [2.05, 4.69) is 16.0 Å². The standard InChI is InChI=1S/C33H48N6O6/c1-20(2)16-25(34)31(42)39-28(18-22-10-12-24(13-11-22)45-19-23-8-6-5-7-9-23)33(44)37-26(14-15-29(35)40)32(43)38-27(30(36)41)17-21(3)4/h5-13,20-21,25-28H,14-19,34H2,1-4H3,(H2,35,40)(H2,36,41)(H,37,44)(H,38,43)(H,39,42). The van der Waals surface area contributed by atoms with Gasteiger partial charge in [0.15, 0.2) is 0 Å². The quantitative estimate of drug-likeness (QED) is 0.135. The molecule has 0 heterocycles. The number of ether oxygens (including phenoxy) is 1. The number of primary amides is 2. The lowest BCUT2D eigenvalue weighted by molar-refractivity contribution is -0.134. The monoisotopic (exact) mass is 624 g/mol. The molecule has 45 heavy (non-hydrogen) atoms. The van der Waals surface area contributed by atoms with E-state index >= 15 is 0 Å². The van der Waals surface area contributed by atoms with Gasteiger partial charge in [-0.25, -0.2) is 0 Å². The highest BCUT2D eigenvalue weighted by atomic mass is 16.5. The van der Waals surface area contributed by atoms with Crippen molar-refractivity contribution in [3.05, 3.63) is 65.7 Å². The van der Waals surface area contributed by atoms with Gasteiger partial charge < -0.3 is 37.9 Å². The zero-order valence-corrected chi connectivity index (χ0v) is 26.6. The molecule has 5 amide bonds. The Kier molecular flexibility index (Phi) is 15.0. The van der Waals surface area contributed by atoms with Crippen LogP contribution in [0.3, 0.4) is 0 Å². The minimum Gasteiger partial charge on any atom is -0.489 e. The Morgan fingerprint density at radius 3 is 1.80 bits per heavy atom. The first-order chi connectivity index (χ1) is 21.2. The number of hydrogen-bond donors (Lipinski definition) is 6. The highest BCUT2D eigenvalue weighted by Gasteiger charge is 2.30. The molecule has 0 aliphatic rings. The third-order valence-corrected chi connectivity index (χ3v) is 6.99. The van der Waals surface area contributed by atoms with Crippen molar-refractivity contribution in [3.63, 3.8) is 0 Å². The number of hydrogen-bond acceptors (Lipinski definition) is 7. The van der Waals surface area contributed by atoms with Crippen LogP contribution < -0.4 is 37.9 Å². The van der Waals surface area contributed by atoms with Crippen molar-refractivity contribution in [3.8, 4) is 5.75 Å². The Morgan fingerprint density at radius 1 is 0.689 bits per heavy atom. The Morgan fingerprint density at radius 2 is 1.24 bits per heavy atom. The Labute approximate surface area is 265 Å². The van der Waals surface area contributed by atoms with Crippen LogP contribution in [0.1, 0.15) is 64.5 Å². The fourth-order valence-corrected chi connectivity index (χ4v) is 4.62. The summed E-state index contributed by atoms with van der Waals surface area (Å²) in [5.41, 5.74) is 18.6. The van der Waals surface area contributed by atoms with Crippen LogP contribution >= 0.6 is 0 Å². The van der Waals surface area contributed by atoms with Crippen LogP contribution in [0.25, 0.3) is 0 Å². The number of nitrogens with two attached hydrogens (primary N) is 3. The molecule has 12 heteroatoms. The fourth-order valence-electron chi connectivity index (χ4n) is 4.62. The van der Waals surface area contributed by atoms with Gasteiger partial charge in [0.25, 0.3) is 0 Å². The summed E-state index contributed by atoms with van der Waals surface area (Å²) >= 11 is 0. The molecule has 2 aromatic rings. The molecule has 0 bridgehead atoms. The van der Waals surface area contributed by atoms with Crippen molar-refractivity contribution in [1.29, 1.82) is 0 Å². The first-order valence-corrected chi connectivity index (χ1v) is 15.2. The maximum absolute atomic E-state index is 13.6. The van der Waals surface area contributed by atoms with Gasteiger partial charge in [-0.2, -0.15) is 0 Å². The second-order valence-corrected chi connectivity index (χ2v) is 12.1. The maximum atomic E-state index is 13.6. The summed E-state index contributed by atoms with van der Waals surface area (Å²) in [5.74, 6) is -2.47. The molecule has 0 saturated heterocycles. The van der Waals surface area contributed by atoms with Crippen LogP contribution in [0.15, 0.2) is 54.6 Å². The molecule has 246 valence electrons. The summed E-state index contributed by atoms with van der Waals surface area (Å²) in [4.78, 5) is 63.4. The average Bonchev–Trinajstić information content (AvgIpc) is 2.97. The van der Waals surface area contributed by atoms with Gasteiger partial charge in [-0.3, -0.25) is 24.0 Å². The summed E-state index contributed by atoms with van der Waals surface area (Å²) in [6.45, 7) is 7.98. The first kappa shape index (κ1) is 36.7. The number of carbonyl (C=O) groups excluding carboxylic acids is 5. The molecule has 2 rings (SSSR count). The summed E-state index contributed by atoms with van der Waals surface area (Å²) in [6, 6.07) is 12.6. The van der Waals surface area contributed by atoms with E-state index in [-0.39, 0.29) is 37.5 Å². The van der Waals surface area contributed by atoms with Crippen LogP contribution in [0.5, 0.6) is 5.75 Å². The van der Waals surface area contributed by atoms with Crippen molar-refractivity contribution in [2.24, 2.45) is 29.0 Å². The molecule has 0 aliphatic carbocycles. The molecule has 0 saturated carbocycles. The van der Waals surface area contributed by atoms with E-state index in [1.807, 2.05) is 58.0 Å². The lowest BCUT2D eigenvalue weighted by atomic mass is 10.0. The van der Waals surface area contributed by atoms with Gasteiger partial charge in [-0.15, -0.1) is 0 Å². The summed E-state index contributed by atoms with van der Waals surface area (Å²) in [5, 5.41) is 7.93. The molecule has 12 nitrogen and oxygen atoms in total. The normalized spacial score (nSPS) is 13.8. The summed E-state index contributed by atoms with van der Waals surface area (Å²) in [7, 11) is 0. The van der Waals surface area contributed by atoms with E-state index in [0.717, 1.165) is 5.56 Å². The summed E-state index contributed by atoms with van der Waals surface area (Å²) < 4.78 is 5.85. The fraction of sp³-hybridized carbons (Fsp3) is 0.485. The van der Waals surface area contributed by atoms with Crippen molar-refractivity contribution in [1.82, 2.24) is 16.0 Å². The minimum atomic E-state index is -1.23. The Bertz CT molecular complexity index is 1270. The van der Waals surface area contributed by atoms with E-state index in [4.69, 9.17) is 21.9 Å². The van der Waals surface area contributed by atoms with Gasteiger partial charge in [0.1, 0.15) is 30.5 Å². The number of nitrogens with one attached hydrogen (secondary N) is 3. The molecule has 4 unspecified atom stereocenters. The molecular weight excluding hydrogens is 576 g/mol. The van der Waals surface area contributed by atoms with Crippen molar-refractivity contribution >= 4 is 29.5 Å². The maximum Gasteiger partial charge on any atom is 0.243 e. The van der Waals surface area contributed by atoms with E-state index in [9.17, 15) is 24.0 Å². The largest absolute Gasteiger partial charge is 0.489 e. The number of amides is 5. The van der Waals surface area contributed by atoms with Gasteiger partial charge in [0.2, 0.25) is 29.5 Å². The predicted molar refractivity (Wildman–Crippen MR) is 171 cm³/mol. The van der Waals surface area contributed by atoms with Gasteiger partial charge in [-0.05, 0) is 54.4 Å². The van der Waals surface area contributed by atoms with Crippen molar-refractivity contribution in [2.45, 2.75) is 90.6 Å². The Hall–Kier alpha value is -4.45. The zero-order chi connectivity index (χ0) is 33.5. The second-order valence-electron chi connectivity index (χ2n) is 12.1. The number of rotatable bonds is 19. The van der Waals surface area contributed by atoms with Gasteiger partial charge in [0.05, 0.1) is 6.04 Å². The lowest BCUT2D eigenvalue weighted by Gasteiger charge is -2.26. The molecule has 0 fully saturated rings. The van der Waals surface area contributed by atoms with Crippen LogP contribution in [-0.4, -0.2) is 53.7 Å². The predicted octanol–water partition coefficient (Wildman–Crippen LogP) is 1.43. The SMILES string of the molecule is CC(C)CC(N)C(=O)NC(Cc1ccc(OCc2ccccc2)cc1)C(=O)NC(CCC(N)=O)C(=O)NC(CC(C)C)C(N)=O. The number of benzene rings is 2. The van der Waals surface area contributed by atoms with Crippen LogP contribution in [0.2, 0.25) is 0 Å². The molecule has 0 aromatic heterocycles. The van der Waals surface area contributed by atoms with Crippen LogP contribution in [0.4, 0.5) is 0 Å². The minimum absolute atomic E-state index is 0.0474. The third kappa shape index (κ3) is 13.8. The molecule has 9 N–H and O–H groups in total. The second kappa shape index (κ2) is 18.4. The number of carbonyl (C=O) groups is 5. The van der Waals surface area contributed by atoms with E-state index in [1.54, 1.807) is 24.3 Å². The molecule has 0 radical (unpaired) electrons. The lowest BCUT2D eigenvalue weighted by Crippen LogP contribution is -2.58. The van der Waals surface area contributed by atoms with Gasteiger partial charge in [-0.1, -0.05) is 70.2 Å². The highest BCUT2D eigenvalue weighted by molar-refractivity contribution is 5.95. The van der Waals surface area contributed by atoms with Crippen LogP contribution in [0, 0.1) is 11.8 Å². The molecule has 0 spiro atoms. The van der Waals surface area contributed by atoms with E-state index in [0.29, 0.717) is 24.3 Å². The molecular formula is C33H48N6O6. The highest BCUT2D eigenvalue weighted by Crippen LogP contribution is 2.16.